The van der Waals surface area contributed by atoms with Gasteiger partial charge in [-0.2, -0.15) is 5.10 Å². The van der Waals surface area contributed by atoms with Crippen LogP contribution in [0.1, 0.15) is 57.6 Å². The average Bonchev–Trinajstić information content (AvgIpc) is 3.04. The standard InChI is InChI=1S/C22H31N3O3/c1-9-12-28-16-11-10-15(13-17(16)27-8)20(26)23-19-14-18(21(2,3)4)24-25(19)22(5,6)7/h9-11,13-14H,1,12H2,2-8H3,(H,23,26). The summed E-state index contributed by atoms with van der Waals surface area (Å²) in [5, 5.41) is 7.72. The topological polar surface area (TPSA) is 65.4 Å². The monoisotopic (exact) mass is 385 g/mol. The van der Waals surface area contributed by atoms with Crippen LogP contribution in [0.4, 0.5) is 5.82 Å². The molecule has 1 aromatic heterocycles. The van der Waals surface area contributed by atoms with Crippen LogP contribution in [0.25, 0.3) is 0 Å². The molecule has 6 nitrogen and oxygen atoms in total. The Morgan fingerprint density at radius 3 is 2.39 bits per heavy atom. The zero-order chi connectivity index (χ0) is 21.1. The molecule has 1 amide bonds. The van der Waals surface area contributed by atoms with E-state index < -0.39 is 0 Å². The van der Waals surface area contributed by atoms with Crippen molar-refractivity contribution in [3.05, 3.63) is 48.2 Å². The van der Waals surface area contributed by atoms with Crippen LogP contribution in [0.15, 0.2) is 36.9 Å². The average molecular weight is 386 g/mol. The first-order valence-corrected chi connectivity index (χ1v) is 9.31. The van der Waals surface area contributed by atoms with Gasteiger partial charge in [-0.05, 0) is 39.0 Å². The third-order valence-corrected chi connectivity index (χ3v) is 4.14. The molecule has 6 heteroatoms. The van der Waals surface area contributed by atoms with Crippen molar-refractivity contribution in [2.45, 2.75) is 52.5 Å². The summed E-state index contributed by atoms with van der Waals surface area (Å²) in [6.45, 7) is 16.4. The van der Waals surface area contributed by atoms with E-state index in [0.717, 1.165) is 5.69 Å². The molecule has 0 spiro atoms. The number of carbonyl (C=O) groups excluding carboxylic acids is 1. The van der Waals surface area contributed by atoms with Crippen molar-refractivity contribution in [2.24, 2.45) is 0 Å². The molecule has 0 radical (unpaired) electrons. The number of hydrogen-bond donors (Lipinski definition) is 1. The number of nitrogens with one attached hydrogen (secondary N) is 1. The normalized spacial score (nSPS) is 11.8. The van der Waals surface area contributed by atoms with Gasteiger partial charge < -0.3 is 14.8 Å². The first-order valence-electron chi connectivity index (χ1n) is 9.31. The molecule has 0 bridgehead atoms. The third-order valence-electron chi connectivity index (χ3n) is 4.14. The van der Waals surface area contributed by atoms with Crippen molar-refractivity contribution in [3.63, 3.8) is 0 Å². The van der Waals surface area contributed by atoms with Crippen molar-refractivity contribution in [3.8, 4) is 11.5 Å². The molecule has 0 atom stereocenters. The fraction of sp³-hybridized carbons (Fsp3) is 0.455. The van der Waals surface area contributed by atoms with E-state index in [0.29, 0.717) is 29.5 Å². The number of amides is 1. The van der Waals surface area contributed by atoms with E-state index >= 15 is 0 Å². The minimum absolute atomic E-state index is 0.122. The summed E-state index contributed by atoms with van der Waals surface area (Å²) in [4.78, 5) is 12.9. The number of methoxy groups -OCH3 is 1. The highest BCUT2D eigenvalue weighted by molar-refractivity contribution is 6.04. The lowest BCUT2D eigenvalue weighted by molar-refractivity contribution is 0.102. The summed E-state index contributed by atoms with van der Waals surface area (Å²) in [5.41, 5.74) is 1.00. The molecule has 0 fully saturated rings. The number of carbonyl (C=O) groups is 1. The Kier molecular flexibility index (Phi) is 6.22. The fourth-order valence-electron chi connectivity index (χ4n) is 2.61. The molecule has 1 heterocycles. The van der Waals surface area contributed by atoms with Gasteiger partial charge in [0.2, 0.25) is 0 Å². The minimum Gasteiger partial charge on any atom is -0.493 e. The fourth-order valence-corrected chi connectivity index (χ4v) is 2.61. The third kappa shape index (κ3) is 4.94. The van der Waals surface area contributed by atoms with E-state index in [9.17, 15) is 4.79 Å². The van der Waals surface area contributed by atoms with E-state index in [-0.39, 0.29) is 16.9 Å². The molecule has 2 aromatic rings. The maximum absolute atomic E-state index is 12.9. The maximum atomic E-state index is 12.9. The number of anilines is 1. The lowest BCUT2D eigenvalue weighted by atomic mass is 9.92. The Labute approximate surface area is 167 Å². The minimum atomic E-state index is -0.272. The molecule has 1 aromatic carbocycles. The van der Waals surface area contributed by atoms with Gasteiger partial charge in [0.15, 0.2) is 11.5 Å². The van der Waals surface area contributed by atoms with Crippen LogP contribution in [-0.2, 0) is 11.0 Å². The smallest absolute Gasteiger partial charge is 0.256 e. The van der Waals surface area contributed by atoms with Gasteiger partial charge in [0.05, 0.1) is 18.3 Å². The molecular formula is C22H31N3O3. The van der Waals surface area contributed by atoms with Gasteiger partial charge in [0, 0.05) is 17.0 Å². The summed E-state index contributed by atoms with van der Waals surface area (Å²) in [7, 11) is 1.54. The van der Waals surface area contributed by atoms with Gasteiger partial charge in [-0.1, -0.05) is 33.4 Å². The second-order valence-corrected chi connectivity index (χ2v) is 8.67. The predicted molar refractivity (Wildman–Crippen MR) is 113 cm³/mol. The molecule has 1 N–H and O–H groups in total. The molecular weight excluding hydrogens is 354 g/mol. The van der Waals surface area contributed by atoms with Crippen LogP contribution >= 0.6 is 0 Å². The van der Waals surface area contributed by atoms with E-state index in [1.54, 1.807) is 31.4 Å². The molecule has 28 heavy (non-hydrogen) atoms. The molecule has 152 valence electrons. The number of rotatable bonds is 6. The zero-order valence-electron chi connectivity index (χ0n) is 17.9. The molecule has 2 rings (SSSR count). The molecule has 0 aliphatic carbocycles. The first kappa shape index (κ1) is 21.5. The SMILES string of the molecule is C=CCOc1ccc(C(=O)Nc2cc(C(C)(C)C)nn2C(C)(C)C)cc1OC. The van der Waals surface area contributed by atoms with E-state index in [4.69, 9.17) is 14.6 Å². The summed E-state index contributed by atoms with van der Waals surface area (Å²) in [6.07, 6.45) is 1.65. The van der Waals surface area contributed by atoms with Gasteiger partial charge >= 0.3 is 0 Å². The zero-order valence-corrected chi connectivity index (χ0v) is 17.9. The molecule has 0 unspecified atom stereocenters. The Morgan fingerprint density at radius 1 is 1.18 bits per heavy atom. The Morgan fingerprint density at radius 2 is 1.86 bits per heavy atom. The van der Waals surface area contributed by atoms with Gasteiger partial charge in [-0.3, -0.25) is 4.79 Å². The van der Waals surface area contributed by atoms with Crippen molar-refractivity contribution >= 4 is 11.7 Å². The second-order valence-electron chi connectivity index (χ2n) is 8.67. The van der Waals surface area contributed by atoms with Crippen LogP contribution < -0.4 is 14.8 Å². The van der Waals surface area contributed by atoms with Gasteiger partial charge in [0.1, 0.15) is 12.4 Å². The second kappa shape index (κ2) is 8.09. The quantitative estimate of drug-likeness (QED) is 0.728. The highest BCUT2D eigenvalue weighted by Crippen LogP contribution is 2.30. The van der Waals surface area contributed by atoms with Gasteiger partial charge in [-0.25, -0.2) is 4.68 Å². The number of hydrogen-bond acceptors (Lipinski definition) is 4. The Balaban J connectivity index is 2.34. The predicted octanol–water partition coefficient (Wildman–Crippen LogP) is 4.76. The van der Waals surface area contributed by atoms with Crippen molar-refractivity contribution in [1.82, 2.24) is 9.78 Å². The van der Waals surface area contributed by atoms with Crippen LogP contribution in [0.3, 0.4) is 0 Å². The summed E-state index contributed by atoms with van der Waals surface area (Å²) >= 11 is 0. The number of aromatic nitrogens is 2. The van der Waals surface area contributed by atoms with Crippen LogP contribution in [0.5, 0.6) is 11.5 Å². The number of benzene rings is 1. The highest BCUT2D eigenvalue weighted by Gasteiger charge is 2.26. The summed E-state index contributed by atoms with van der Waals surface area (Å²) in [6, 6.07) is 7.02. The van der Waals surface area contributed by atoms with E-state index in [1.807, 2.05) is 10.7 Å². The number of nitrogens with zero attached hydrogens (tertiary/aromatic N) is 2. The molecule has 0 saturated heterocycles. The van der Waals surface area contributed by atoms with E-state index in [1.165, 1.54) is 0 Å². The maximum Gasteiger partial charge on any atom is 0.256 e. The van der Waals surface area contributed by atoms with Crippen molar-refractivity contribution < 1.29 is 14.3 Å². The molecule has 0 aliphatic heterocycles. The number of ether oxygens (including phenoxy) is 2. The van der Waals surface area contributed by atoms with Crippen molar-refractivity contribution in [2.75, 3.05) is 19.0 Å². The lowest BCUT2D eigenvalue weighted by Gasteiger charge is -2.23. The lowest BCUT2D eigenvalue weighted by Crippen LogP contribution is -2.27. The summed E-state index contributed by atoms with van der Waals surface area (Å²) in [5.74, 6) is 1.48. The molecule has 0 saturated carbocycles. The van der Waals surface area contributed by atoms with Crippen LogP contribution in [0.2, 0.25) is 0 Å². The van der Waals surface area contributed by atoms with Crippen molar-refractivity contribution in [1.29, 1.82) is 0 Å². The van der Waals surface area contributed by atoms with Gasteiger partial charge in [0.25, 0.3) is 5.91 Å². The van der Waals surface area contributed by atoms with E-state index in [2.05, 4.69) is 53.4 Å². The molecule has 0 aliphatic rings. The van der Waals surface area contributed by atoms with Gasteiger partial charge in [-0.15, -0.1) is 0 Å². The largest absolute Gasteiger partial charge is 0.493 e. The highest BCUT2D eigenvalue weighted by atomic mass is 16.5. The Bertz CT molecular complexity index is 855. The Hall–Kier alpha value is -2.76. The van der Waals surface area contributed by atoms with Crippen LogP contribution in [-0.4, -0.2) is 29.4 Å². The first-order chi connectivity index (χ1) is 13.0. The van der Waals surface area contributed by atoms with Crippen LogP contribution in [0, 0.1) is 0 Å². The summed E-state index contributed by atoms with van der Waals surface area (Å²) < 4.78 is 12.8.